The van der Waals surface area contributed by atoms with Crippen molar-refractivity contribution >= 4 is 23.4 Å². The molecule has 2 amide bonds. The van der Waals surface area contributed by atoms with Gasteiger partial charge in [-0.1, -0.05) is 23.7 Å². The summed E-state index contributed by atoms with van der Waals surface area (Å²) in [6, 6.07) is 7.17. The van der Waals surface area contributed by atoms with Gasteiger partial charge in [0.2, 0.25) is 5.91 Å². The van der Waals surface area contributed by atoms with E-state index in [-0.39, 0.29) is 18.4 Å². The van der Waals surface area contributed by atoms with E-state index >= 15 is 0 Å². The molecule has 3 aliphatic rings. The largest absolute Gasteiger partial charge is 0.392 e. The molecule has 26 heavy (non-hydrogen) atoms. The van der Waals surface area contributed by atoms with E-state index in [2.05, 4.69) is 18.7 Å². The van der Waals surface area contributed by atoms with Crippen molar-refractivity contribution in [2.45, 2.75) is 50.5 Å². The number of rotatable bonds is 3. The predicted octanol–water partition coefficient (Wildman–Crippen LogP) is 1.11. The van der Waals surface area contributed by atoms with E-state index in [0.717, 1.165) is 5.56 Å². The summed E-state index contributed by atoms with van der Waals surface area (Å²) >= 11 is 6.06. The lowest BCUT2D eigenvalue weighted by Crippen LogP contribution is -2.82. The molecule has 0 aromatic heterocycles. The van der Waals surface area contributed by atoms with Gasteiger partial charge < -0.3 is 5.11 Å². The molecule has 2 unspecified atom stereocenters. The maximum Gasteiger partial charge on any atom is 0.252 e. The van der Waals surface area contributed by atoms with Crippen LogP contribution in [0.25, 0.3) is 0 Å². The van der Waals surface area contributed by atoms with Crippen LogP contribution >= 0.6 is 11.6 Å². The second-order valence-electron chi connectivity index (χ2n) is 7.95. The van der Waals surface area contributed by atoms with Gasteiger partial charge in [-0.3, -0.25) is 24.3 Å². The van der Waals surface area contributed by atoms with E-state index in [4.69, 9.17) is 11.6 Å². The maximum absolute atomic E-state index is 13.4. The minimum atomic E-state index is -0.696. The van der Waals surface area contributed by atoms with Crippen LogP contribution in [0, 0.1) is 0 Å². The highest BCUT2D eigenvalue weighted by molar-refractivity contribution is 6.30. The van der Waals surface area contributed by atoms with Crippen molar-refractivity contribution in [3.05, 3.63) is 34.9 Å². The molecule has 1 spiro atoms. The number of aliphatic hydroxyl groups is 1. The first-order valence-corrected chi connectivity index (χ1v) is 9.49. The fraction of sp³-hybridized carbons (Fsp3) is 0.579. The number of imide groups is 1. The lowest BCUT2D eigenvalue weighted by atomic mass is 9.81. The third-order valence-electron chi connectivity index (χ3n) is 5.91. The second-order valence-corrected chi connectivity index (χ2v) is 8.38. The monoisotopic (exact) mass is 377 g/mol. The zero-order valence-corrected chi connectivity index (χ0v) is 15.8. The molecule has 1 aromatic carbocycles. The number of carbonyl (C=O) groups is 2. The first kappa shape index (κ1) is 17.9. The van der Waals surface area contributed by atoms with Gasteiger partial charge in [-0.25, -0.2) is 0 Å². The summed E-state index contributed by atoms with van der Waals surface area (Å²) in [5.74, 6) is -0.357. The Morgan fingerprint density at radius 1 is 1.31 bits per heavy atom. The number of hydrogen-bond acceptors (Lipinski definition) is 5. The van der Waals surface area contributed by atoms with Gasteiger partial charge in [0.15, 0.2) is 0 Å². The Balaban J connectivity index is 1.65. The predicted molar refractivity (Wildman–Crippen MR) is 97.6 cm³/mol. The Morgan fingerprint density at radius 2 is 2.04 bits per heavy atom. The second kappa shape index (κ2) is 6.30. The van der Waals surface area contributed by atoms with Crippen molar-refractivity contribution in [2.24, 2.45) is 0 Å². The molecule has 0 aliphatic carbocycles. The highest BCUT2D eigenvalue weighted by Gasteiger charge is 2.64. The molecule has 3 aliphatic heterocycles. The van der Waals surface area contributed by atoms with E-state index in [1.165, 1.54) is 4.90 Å². The van der Waals surface area contributed by atoms with Crippen molar-refractivity contribution in [1.29, 1.82) is 0 Å². The number of halogens is 1. The van der Waals surface area contributed by atoms with Crippen LogP contribution in [0.2, 0.25) is 5.02 Å². The minimum absolute atomic E-state index is 0.148. The molecule has 7 heteroatoms. The summed E-state index contributed by atoms with van der Waals surface area (Å²) in [5.41, 5.74) is 0.139. The lowest BCUT2D eigenvalue weighted by Gasteiger charge is -2.59. The Morgan fingerprint density at radius 3 is 2.69 bits per heavy atom. The molecule has 140 valence electrons. The van der Waals surface area contributed by atoms with Crippen molar-refractivity contribution in [2.75, 3.05) is 19.6 Å². The highest BCUT2D eigenvalue weighted by atomic mass is 35.5. The first-order valence-electron chi connectivity index (χ1n) is 9.11. The SMILES string of the molecule is CC(C)N1CC2(C1)C(=O)N(Cc1cccc(Cl)c1)C(=O)C1CC(O)CN12. The third kappa shape index (κ3) is 2.67. The summed E-state index contributed by atoms with van der Waals surface area (Å²) in [7, 11) is 0. The summed E-state index contributed by atoms with van der Waals surface area (Å²) in [4.78, 5) is 31.9. The number of β-amino-alcohol motifs (C(OH)–C–C–N with tert-alkyl or cyclic N) is 1. The molecule has 1 aromatic rings. The number of aliphatic hydroxyl groups excluding tert-OH is 1. The Kier molecular flexibility index (Phi) is 4.34. The summed E-state index contributed by atoms with van der Waals surface area (Å²) in [5, 5.41) is 10.7. The van der Waals surface area contributed by atoms with Crippen LogP contribution in [0.15, 0.2) is 24.3 Å². The van der Waals surface area contributed by atoms with E-state index in [9.17, 15) is 14.7 Å². The van der Waals surface area contributed by atoms with Crippen molar-refractivity contribution in [1.82, 2.24) is 14.7 Å². The van der Waals surface area contributed by atoms with Crippen LogP contribution in [0.4, 0.5) is 0 Å². The van der Waals surface area contributed by atoms with Crippen molar-refractivity contribution in [3.8, 4) is 0 Å². The van der Waals surface area contributed by atoms with Gasteiger partial charge in [-0.15, -0.1) is 0 Å². The number of benzene rings is 1. The first-order chi connectivity index (χ1) is 12.3. The molecule has 1 N–H and O–H groups in total. The van der Waals surface area contributed by atoms with Crippen LogP contribution in [0.3, 0.4) is 0 Å². The van der Waals surface area contributed by atoms with E-state index < -0.39 is 17.7 Å². The fourth-order valence-corrected chi connectivity index (χ4v) is 4.66. The number of carbonyl (C=O) groups excluding carboxylic acids is 2. The van der Waals surface area contributed by atoms with Crippen molar-refractivity contribution < 1.29 is 14.7 Å². The Bertz CT molecular complexity index is 747. The Hall–Kier alpha value is -1.47. The van der Waals surface area contributed by atoms with Gasteiger partial charge in [0.05, 0.1) is 18.7 Å². The average Bonchev–Trinajstić information content (AvgIpc) is 2.92. The highest BCUT2D eigenvalue weighted by Crippen LogP contribution is 2.41. The maximum atomic E-state index is 13.4. The quantitative estimate of drug-likeness (QED) is 0.799. The van der Waals surface area contributed by atoms with E-state index in [1.54, 1.807) is 12.1 Å². The lowest BCUT2D eigenvalue weighted by molar-refractivity contribution is -0.182. The summed E-state index contributed by atoms with van der Waals surface area (Å²) in [6.45, 7) is 6.02. The van der Waals surface area contributed by atoms with Crippen LogP contribution in [0.1, 0.15) is 25.8 Å². The molecule has 3 fully saturated rings. The molecule has 6 nitrogen and oxygen atoms in total. The molecule has 0 saturated carbocycles. The van der Waals surface area contributed by atoms with Crippen LogP contribution in [0.5, 0.6) is 0 Å². The van der Waals surface area contributed by atoms with Crippen LogP contribution in [-0.4, -0.2) is 75.0 Å². The molecule has 3 heterocycles. The van der Waals surface area contributed by atoms with Crippen LogP contribution in [-0.2, 0) is 16.1 Å². The molecule has 2 atom stereocenters. The molecular formula is C19H24ClN3O3. The summed E-state index contributed by atoms with van der Waals surface area (Å²) < 4.78 is 0. The fourth-order valence-electron chi connectivity index (χ4n) is 4.45. The molecule has 3 saturated heterocycles. The molecule has 0 bridgehead atoms. The van der Waals surface area contributed by atoms with Gasteiger partial charge in [0.25, 0.3) is 5.91 Å². The smallest absolute Gasteiger partial charge is 0.252 e. The Labute approximate surface area is 158 Å². The van der Waals surface area contributed by atoms with Crippen LogP contribution < -0.4 is 0 Å². The van der Waals surface area contributed by atoms with Gasteiger partial charge in [0.1, 0.15) is 5.54 Å². The van der Waals surface area contributed by atoms with Crippen molar-refractivity contribution in [3.63, 3.8) is 0 Å². The van der Waals surface area contributed by atoms with Gasteiger partial charge in [-0.2, -0.15) is 0 Å². The third-order valence-corrected chi connectivity index (χ3v) is 6.15. The number of hydrogen-bond donors (Lipinski definition) is 1. The average molecular weight is 378 g/mol. The standard InChI is InChI=1S/C19H24ClN3O3/c1-12(2)21-10-19(11-21)18(26)22(8-13-4-3-5-14(20)6-13)17(25)16-7-15(24)9-23(16)19/h3-6,12,15-16,24H,7-11H2,1-2H3. The zero-order chi connectivity index (χ0) is 18.6. The number of amides is 2. The van der Waals surface area contributed by atoms with E-state index in [0.29, 0.717) is 37.1 Å². The van der Waals surface area contributed by atoms with Gasteiger partial charge in [0, 0.05) is 30.7 Å². The normalized spacial score (nSPS) is 28.7. The molecule has 0 radical (unpaired) electrons. The number of nitrogens with zero attached hydrogens (tertiary/aromatic N) is 3. The number of fused-ring (bicyclic) bond motifs is 2. The van der Waals surface area contributed by atoms with Gasteiger partial charge >= 0.3 is 0 Å². The minimum Gasteiger partial charge on any atom is -0.392 e. The summed E-state index contributed by atoms with van der Waals surface area (Å²) in [6.07, 6.45) is -0.172. The van der Waals surface area contributed by atoms with Gasteiger partial charge in [-0.05, 0) is 38.0 Å². The number of piperazine rings is 1. The topological polar surface area (TPSA) is 64.1 Å². The zero-order valence-electron chi connectivity index (χ0n) is 15.1. The number of likely N-dealkylation sites (tertiary alicyclic amines) is 1. The van der Waals surface area contributed by atoms with E-state index in [1.807, 2.05) is 17.0 Å². The molecule has 4 rings (SSSR count). The molecular weight excluding hydrogens is 354 g/mol.